The van der Waals surface area contributed by atoms with Crippen LogP contribution in [0.4, 0.5) is 6.01 Å². The first-order valence-corrected chi connectivity index (χ1v) is 7.59. The van der Waals surface area contributed by atoms with Crippen molar-refractivity contribution in [1.29, 1.82) is 0 Å². The summed E-state index contributed by atoms with van der Waals surface area (Å²) >= 11 is 0. The average molecular weight is 285 g/mol. The molecule has 1 aromatic heterocycles. The summed E-state index contributed by atoms with van der Waals surface area (Å²) in [5.74, 6) is 2.30. The smallest absolute Gasteiger partial charge is 0.324 e. The molecular formula is C16H19N3O2. The van der Waals surface area contributed by atoms with Crippen molar-refractivity contribution in [1.82, 2.24) is 10.1 Å². The quantitative estimate of drug-likeness (QED) is 0.862. The van der Waals surface area contributed by atoms with Gasteiger partial charge in [-0.25, -0.2) is 0 Å². The maximum absolute atomic E-state index is 5.49. The fourth-order valence-electron chi connectivity index (χ4n) is 3.02. The van der Waals surface area contributed by atoms with Crippen LogP contribution in [0, 0.1) is 0 Å². The molecule has 5 nitrogen and oxygen atoms in total. The lowest BCUT2D eigenvalue weighted by molar-refractivity contribution is 0.403. The molecule has 5 heteroatoms. The Labute approximate surface area is 123 Å². The third-order valence-electron chi connectivity index (χ3n) is 4.37. The van der Waals surface area contributed by atoms with E-state index in [-0.39, 0.29) is 0 Å². The normalized spacial score (nSPS) is 21.8. The highest BCUT2D eigenvalue weighted by Gasteiger charge is 2.33. The molecule has 2 aliphatic rings. The molecule has 4 rings (SSSR count). The standard InChI is InChI=1S/C16H19N3O2/c1-20-13-8-6-11(7-9-13)14-3-2-10-19(14)16-17-15(18-21-16)12-4-5-12/h6-9,12,14H,2-5,10H2,1H3/t14-/m0/s1. The number of anilines is 1. The molecule has 2 fully saturated rings. The molecule has 0 unspecified atom stereocenters. The first kappa shape index (κ1) is 12.7. The lowest BCUT2D eigenvalue weighted by Gasteiger charge is -2.22. The van der Waals surface area contributed by atoms with E-state index in [9.17, 15) is 0 Å². The predicted molar refractivity (Wildman–Crippen MR) is 78.6 cm³/mol. The molecule has 1 saturated heterocycles. The first-order valence-electron chi connectivity index (χ1n) is 7.59. The Morgan fingerprint density at radius 1 is 1.19 bits per heavy atom. The van der Waals surface area contributed by atoms with Crippen molar-refractivity contribution in [2.24, 2.45) is 0 Å². The van der Waals surface area contributed by atoms with E-state index in [4.69, 9.17) is 9.26 Å². The van der Waals surface area contributed by atoms with Gasteiger partial charge in [0.25, 0.3) is 0 Å². The molecule has 110 valence electrons. The second-order valence-electron chi connectivity index (χ2n) is 5.83. The van der Waals surface area contributed by atoms with Crippen molar-refractivity contribution in [3.8, 4) is 5.75 Å². The maximum Gasteiger partial charge on any atom is 0.324 e. The van der Waals surface area contributed by atoms with Crippen molar-refractivity contribution in [2.45, 2.75) is 37.6 Å². The summed E-state index contributed by atoms with van der Waals surface area (Å²) in [7, 11) is 1.69. The second kappa shape index (κ2) is 5.06. The van der Waals surface area contributed by atoms with E-state index in [2.05, 4.69) is 27.2 Å². The molecule has 0 N–H and O–H groups in total. The minimum Gasteiger partial charge on any atom is -0.497 e. The molecule has 0 spiro atoms. The number of aromatic nitrogens is 2. The average Bonchev–Trinajstić information content (AvgIpc) is 3.07. The molecule has 0 amide bonds. The molecule has 1 aliphatic heterocycles. The molecule has 1 saturated carbocycles. The summed E-state index contributed by atoms with van der Waals surface area (Å²) in [5, 5.41) is 4.13. The Kier molecular flexibility index (Phi) is 3.05. The summed E-state index contributed by atoms with van der Waals surface area (Å²) in [6, 6.07) is 9.27. The molecule has 0 bridgehead atoms. The minimum absolute atomic E-state index is 0.323. The second-order valence-corrected chi connectivity index (χ2v) is 5.83. The zero-order valence-corrected chi connectivity index (χ0v) is 12.2. The highest BCUT2D eigenvalue weighted by molar-refractivity contribution is 5.38. The summed E-state index contributed by atoms with van der Waals surface area (Å²) < 4.78 is 10.7. The van der Waals surface area contributed by atoms with Crippen LogP contribution in [-0.2, 0) is 0 Å². The number of rotatable bonds is 4. The number of benzene rings is 1. The van der Waals surface area contributed by atoms with Gasteiger partial charge in [0.15, 0.2) is 5.82 Å². The van der Waals surface area contributed by atoms with Crippen LogP contribution in [0.15, 0.2) is 28.8 Å². The number of ether oxygens (including phenoxy) is 1. The Balaban J connectivity index is 1.57. The van der Waals surface area contributed by atoms with Gasteiger partial charge in [0, 0.05) is 12.5 Å². The largest absolute Gasteiger partial charge is 0.497 e. The van der Waals surface area contributed by atoms with Gasteiger partial charge >= 0.3 is 6.01 Å². The van der Waals surface area contributed by atoms with E-state index >= 15 is 0 Å². The van der Waals surface area contributed by atoms with Crippen molar-refractivity contribution < 1.29 is 9.26 Å². The summed E-state index contributed by atoms with van der Waals surface area (Å²) in [6.07, 6.45) is 4.66. The number of methoxy groups -OCH3 is 1. The molecule has 0 radical (unpaired) electrons. The third kappa shape index (κ3) is 2.37. The van der Waals surface area contributed by atoms with Crippen molar-refractivity contribution >= 4 is 6.01 Å². The summed E-state index contributed by atoms with van der Waals surface area (Å²) in [6.45, 7) is 0.975. The summed E-state index contributed by atoms with van der Waals surface area (Å²) in [5.41, 5.74) is 1.28. The predicted octanol–water partition coefficient (Wildman–Crippen LogP) is 3.30. The molecular weight excluding hydrogens is 266 g/mol. The lowest BCUT2D eigenvalue weighted by atomic mass is 10.0. The van der Waals surface area contributed by atoms with Crippen LogP contribution in [-0.4, -0.2) is 23.8 Å². The van der Waals surface area contributed by atoms with E-state index in [1.54, 1.807) is 7.11 Å². The van der Waals surface area contributed by atoms with Crippen molar-refractivity contribution in [2.75, 3.05) is 18.6 Å². The highest BCUT2D eigenvalue weighted by Crippen LogP contribution is 2.41. The van der Waals surface area contributed by atoms with E-state index < -0.39 is 0 Å². The van der Waals surface area contributed by atoms with Crippen LogP contribution in [0.3, 0.4) is 0 Å². The fraction of sp³-hybridized carbons (Fsp3) is 0.500. The van der Waals surface area contributed by atoms with Crippen LogP contribution in [0.1, 0.15) is 49.0 Å². The fourth-order valence-corrected chi connectivity index (χ4v) is 3.02. The SMILES string of the molecule is COc1ccc([C@@H]2CCCN2c2nc(C3CC3)no2)cc1. The Morgan fingerprint density at radius 2 is 2.00 bits per heavy atom. The molecule has 2 heterocycles. The molecule has 1 aliphatic carbocycles. The first-order chi connectivity index (χ1) is 10.3. The van der Waals surface area contributed by atoms with Crippen LogP contribution in [0.25, 0.3) is 0 Å². The minimum atomic E-state index is 0.323. The van der Waals surface area contributed by atoms with Crippen LogP contribution >= 0.6 is 0 Å². The number of hydrogen-bond acceptors (Lipinski definition) is 5. The van der Waals surface area contributed by atoms with E-state index in [1.807, 2.05) is 12.1 Å². The van der Waals surface area contributed by atoms with Gasteiger partial charge in [-0.15, -0.1) is 0 Å². The zero-order chi connectivity index (χ0) is 14.2. The van der Waals surface area contributed by atoms with Gasteiger partial charge in [-0.05, 0) is 43.4 Å². The van der Waals surface area contributed by atoms with E-state index in [1.165, 1.54) is 18.4 Å². The van der Waals surface area contributed by atoms with E-state index in [0.29, 0.717) is 18.0 Å². The number of hydrogen-bond donors (Lipinski definition) is 0. The van der Waals surface area contributed by atoms with Gasteiger partial charge in [0.05, 0.1) is 13.2 Å². The number of nitrogens with zero attached hydrogens (tertiary/aromatic N) is 3. The van der Waals surface area contributed by atoms with Gasteiger partial charge in [-0.3, -0.25) is 0 Å². The lowest BCUT2D eigenvalue weighted by Crippen LogP contribution is -2.22. The van der Waals surface area contributed by atoms with Crippen LogP contribution in [0.5, 0.6) is 5.75 Å². The van der Waals surface area contributed by atoms with Crippen LogP contribution in [0.2, 0.25) is 0 Å². The van der Waals surface area contributed by atoms with Gasteiger partial charge in [-0.2, -0.15) is 4.98 Å². The molecule has 1 atom stereocenters. The van der Waals surface area contributed by atoms with Gasteiger partial charge in [-0.1, -0.05) is 17.3 Å². The third-order valence-corrected chi connectivity index (χ3v) is 4.37. The van der Waals surface area contributed by atoms with Gasteiger partial charge in [0.1, 0.15) is 5.75 Å². The van der Waals surface area contributed by atoms with E-state index in [0.717, 1.165) is 31.0 Å². The molecule has 2 aromatic rings. The monoisotopic (exact) mass is 285 g/mol. The topological polar surface area (TPSA) is 51.4 Å². The molecule has 21 heavy (non-hydrogen) atoms. The van der Waals surface area contributed by atoms with Gasteiger partial charge < -0.3 is 14.2 Å². The van der Waals surface area contributed by atoms with Crippen LogP contribution < -0.4 is 9.64 Å². The van der Waals surface area contributed by atoms with Crippen molar-refractivity contribution in [3.05, 3.63) is 35.7 Å². The summed E-state index contributed by atoms with van der Waals surface area (Å²) in [4.78, 5) is 6.82. The highest BCUT2D eigenvalue weighted by atomic mass is 16.5. The maximum atomic E-state index is 5.49. The Hall–Kier alpha value is -2.04. The Bertz CT molecular complexity index is 619. The zero-order valence-electron chi connectivity index (χ0n) is 12.2. The van der Waals surface area contributed by atoms with Gasteiger partial charge in [0.2, 0.25) is 0 Å². The van der Waals surface area contributed by atoms with Crippen molar-refractivity contribution in [3.63, 3.8) is 0 Å². The molecule has 1 aromatic carbocycles. The Morgan fingerprint density at radius 3 is 2.71 bits per heavy atom.